The molecule has 70 valence electrons. The lowest BCUT2D eigenvalue weighted by atomic mass is 10.3. The van der Waals surface area contributed by atoms with E-state index in [-0.39, 0.29) is 16.5 Å². The van der Waals surface area contributed by atoms with Gasteiger partial charge in [-0.15, -0.1) is 0 Å². The van der Waals surface area contributed by atoms with Gasteiger partial charge >= 0.3 is 5.97 Å². The highest BCUT2D eigenvalue weighted by Gasteiger charge is 2.08. The van der Waals surface area contributed by atoms with Gasteiger partial charge in [0, 0.05) is 0 Å². The summed E-state index contributed by atoms with van der Waals surface area (Å²) in [4.78, 5) is 10.8. The third-order valence-corrected chi connectivity index (χ3v) is 2.33. The lowest BCUT2D eigenvalue weighted by Gasteiger charge is -2.04. The van der Waals surface area contributed by atoms with Crippen LogP contribution in [0.1, 0.15) is 0 Å². The molecule has 0 N–H and O–H groups in total. The summed E-state index contributed by atoms with van der Waals surface area (Å²) in [5, 5.41) is 0.588. The second-order valence-corrected chi connectivity index (χ2v) is 3.29. The van der Waals surface area contributed by atoms with Crippen molar-refractivity contribution in [3.8, 4) is 5.75 Å². The summed E-state index contributed by atoms with van der Waals surface area (Å²) >= 11 is 15.2. The summed E-state index contributed by atoms with van der Waals surface area (Å²) in [6.07, 6.45) is 0. The van der Waals surface area contributed by atoms with Gasteiger partial charge in [-0.2, -0.15) is 12.6 Å². The Morgan fingerprint density at radius 2 is 2.15 bits per heavy atom. The average Bonchev–Trinajstić information content (AvgIpc) is 2.13. The number of hydrogen-bond donors (Lipinski definition) is 1. The molecule has 0 fully saturated rings. The Hall–Kier alpha value is -0.380. The van der Waals surface area contributed by atoms with Crippen LogP contribution in [-0.4, -0.2) is 11.7 Å². The maximum Gasteiger partial charge on any atom is 0.321 e. The van der Waals surface area contributed by atoms with Crippen LogP contribution >= 0.6 is 35.8 Å². The molecule has 1 aromatic carbocycles. The maximum atomic E-state index is 10.8. The minimum atomic E-state index is -0.465. The first kappa shape index (κ1) is 10.7. The van der Waals surface area contributed by atoms with Crippen LogP contribution in [0.5, 0.6) is 5.75 Å². The van der Waals surface area contributed by atoms with E-state index in [4.69, 9.17) is 27.9 Å². The van der Waals surface area contributed by atoms with E-state index in [1.54, 1.807) is 18.2 Å². The molecular weight excluding hydrogens is 231 g/mol. The number of benzene rings is 1. The molecule has 0 aromatic heterocycles. The van der Waals surface area contributed by atoms with Crippen LogP contribution < -0.4 is 4.74 Å². The number of carbonyl (C=O) groups excluding carboxylic acids is 1. The van der Waals surface area contributed by atoms with Crippen molar-refractivity contribution in [2.75, 3.05) is 5.75 Å². The first-order valence-corrected chi connectivity index (χ1v) is 4.79. The fraction of sp³-hybridized carbons (Fsp3) is 0.125. The number of carbonyl (C=O) groups is 1. The highest BCUT2D eigenvalue weighted by molar-refractivity contribution is 7.81. The Balaban J connectivity index is 2.89. The van der Waals surface area contributed by atoms with Crippen LogP contribution in [0.3, 0.4) is 0 Å². The highest BCUT2D eigenvalue weighted by atomic mass is 35.5. The van der Waals surface area contributed by atoms with Crippen molar-refractivity contribution in [3.63, 3.8) is 0 Å². The molecule has 0 radical (unpaired) electrons. The van der Waals surface area contributed by atoms with Gasteiger partial charge in [0.1, 0.15) is 5.02 Å². The molecule has 1 rings (SSSR count). The Labute approximate surface area is 91.2 Å². The molecule has 0 saturated carbocycles. The van der Waals surface area contributed by atoms with E-state index in [1.807, 2.05) is 0 Å². The largest absolute Gasteiger partial charge is 0.424 e. The Morgan fingerprint density at radius 1 is 1.46 bits per heavy atom. The summed E-state index contributed by atoms with van der Waals surface area (Å²) in [5.41, 5.74) is 0. The summed E-state index contributed by atoms with van der Waals surface area (Å²) in [6, 6.07) is 4.83. The first-order chi connectivity index (χ1) is 6.15. The number of rotatable bonds is 2. The summed E-state index contributed by atoms with van der Waals surface area (Å²) < 4.78 is 4.84. The standard InChI is InChI=1S/C8H6Cl2O2S/c9-5-2-1-3-6(8(5)10)12-7(11)4-13/h1-3,13H,4H2. The van der Waals surface area contributed by atoms with Crippen molar-refractivity contribution in [1.29, 1.82) is 0 Å². The lowest BCUT2D eigenvalue weighted by molar-refractivity contribution is -0.131. The maximum absolute atomic E-state index is 10.8. The summed E-state index contributed by atoms with van der Waals surface area (Å²) in [5.74, 6) is -0.205. The molecule has 0 bridgehead atoms. The molecule has 0 saturated heterocycles. The molecule has 13 heavy (non-hydrogen) atoms. The number of thiol groups is 1. The second-order valence-electron chi connectivity index (χ2n) is 2.18. The molecule has 0 unspecified atom stereocenters. The number of hydrogen-bond acceptors (Lipinski definition) is 3. The third-order valence-electron chi connectivity index (χ3n) is 1.27. The average molecular weight is 237 g/mol. The molecule has 0 heterocycles. The van der Waals surface area contributed by atoms with Crippen LogP contribution in [0.25, 0.3) is 0 Å². The predicted molar refractivity (Wildman–Crippen MR) is 56.0 cm³/mol. The van der Waals surface area contributed by atoms with Crippen LogP contribution in [-0.2, 0) is 4.79 Å². The van der Waals surface area contributed by atoms with E-state index in [9.17, 15) is 4.79 Å². The summed E-state index contributed by atoms with van der Waals surface area (Å²) in [6.45, 7) is 0. The van der Waals surface area contributed by atoms with Crippen molar-refractivity contribution in [1.82, 2.24) is 0 Å². The SMILES string of the molecule is O=C(CS)Oc1cccc(Cl)c1Cl. The molecule has 5 heteroatoms. The van der Waals surface area contributed by atoms with Gasteiger partial charge in [-0.3, -0.25) is 4.79 Å². The number of ether oxygens (including phenoxy) is 1. The summed E-state index contributed by atoms with van der Waals surface area (Å²) in [7, 11) is 0. The van der Waals surface area contributed by atoms with Crippen LogP contribution in [0.2, 0.25) is 10.0 Å². The Kier molecular flexibility index (Phi) is 3.90. The van der Waals surface area contributed by atoms with E-state index in [0.29, 0.717) is 5.02 Å². The molecule has 0 aliphatic carbocycles. The highest BCUT2D eigenvalue weighted by Crippen LogP contribution is 2.31. The minimum Gasteiger partial charge on any atom is -0.424 e. The van der Waals surface area contributed by atoms with E-state index in [0.717, 1.165) is 0 Å². The molecule has 2 nitrogen and oxygen atoms in total. The molecule has 0 atom stereocenters. The van der Waals surface area contributed by atoms with Gasteiger partial charge in [-0.1, -0.05) is 29.3 Å². The van der Waals surface area contributed by atoms with Crippen LogP contribution in [0.4, 0.5) is 0 Å². The smallest absolute Gasteiger partial charge is 0.321 e. The first-order valence-electron chi connectivity index (χ1n) is 3.40. The van der Waals surface area contributed by atoms with E-state index >= 15 is 0 Å². The minimum absolute atomic E-state index is 0.00282. The molecule has 1 aromatic rings. The Morgan fingerprint density at radius 3 is 2.77 bits per heavy atom. The monoisotopic (exact) mass is 236 g/mol. The fourth-order valence-electron chi connectivity index (χ4n) is 0.718. The van der Waals surface area contributed by atoms with Gasteiger partial charge in [-0.25, -0.2) is 0 Å². The van der Waals surface area contributed by atoms with Crippen LogP contribution in [0, 0.1) is 0 Å². The van der Waals surface area contributed by atoms with Gasteiger partial charge in [0.05, 0.1) is 10.8 Å². The number of halogens is 2. The molecule has 0 aliphatic heterocycles. The molecule has 0 amide bonds. The normalized spacial score (nSPS) is 9.77. The van der Waals surface area contributed by atoms with E-state index in [2.05, 4.69) is 12.6 Å². The third kappa shape index (κ3) is 2.79. The molecule has 0 aliphatic rings. The van der Waals surface area contributed by atoms with Gasteiger partial charge in [0.2, 0.25) is 0 Å². The van der Waals surface area contributed by atoms with Gasteiger partial charge in [-0.05, 0) is 12.1 Å². The fourth-order valence-corrected chi connectivity index (χ4v) is 1.11. The van der Waals surface area contributed by atoms with Gasteiger partial charge in [0.15, 0.2) is 5.75 Å². The zero-order valence-corrected chi connectivity index (χ0v) is 8.87. The predicted octanol–water partition coefficient (Wildman–Crippen LogP) is 2.83. The quantitative estimate of drug-likeness (QED) is 0.486. The van der Waals surface area contributed by atoms with Crippen molar-refractivity contribution in [2.45, 2.75) is 0 Å². The van der Waals surface area contributed by atoms with E-state index < -0.39 is 5.97 Å². The van der Waals surface area contributed by atoms with Crippen molar-refractivity contribution in [3.05, 3.63) is 28.2 Å². The topological polar surface area (TPSA) is 26.3 Å². The van der Waals surface area contributed by atoms with E-state index in [1.165, 1.54) is 0 Å². The van der Waals surface area contributed by atoms with Crippen molar-refractivity contribution >= 4 is 41.8 Å². The van der Waals surface area contributed by atoms with Gasteiger partial charge in [0.25, 0.3) is 0 Å². The number of esters is 1. The second kappa shape index (κ2) is 4.74. The van der Waals surface area contributed by atoms with Crippen molar-refractivity contribution in [2.24, 2.45) is 0 Å². The molecule has 0 spiro atoms. The Bertz CT molecular complexity index is 328. The van der Waals surface area contributed by atoms with Crippen LogP contribution in [0.15, 0.2) is 18.2 Å². The zero-order valence-electron chi connectivity index (χ0n) is 6.46. The zero-order chi connectivity index (χ0) is 9.84. The molecular formula is C8H6Cl2O2S. The van der Waals surface area contributed by atoms with Gasteiger partial charge < -0.3 is 4.74 Å². The lowest BCUT2D eigenvalue weighted by Crippen LogP contribution is -2.09. The van der Waals surface area contributed by atoms with Crippen molar-refractivity contribution < 1.29 is 9.53 Å².